The molecule has 1 aromatic heterocycles. The van der Waals surface area contributed by atoms with Crippen LogP contribution in [0.4, 0.5) is 0 Å². The highest BCUT2D eigenvalue weighted by Crippen LogP contribution is 2.33. The first-order chi connectivity index (χ1) is 16.9. The smallest absolute Gasteiger partial charge is 0.283 e. The Hall–Kier alpha value is -3.91. The number of benzene rings is 2. The van der Waals surface area contributed by atoms with Gasteiger partial charge in [0.05, 0.1) is 17.9 Å². The van der Waals surface area contributed by atoms with Crippen molar-refractivity contribution in [2.45, 2.75) is 27.7 Å². The summed E-state index contributed by atoms with van der Waals surface area (Å²) in [4.78, 5) is 17.2. The molecular formula is C27H25N5O2S. The number of ether oxygens (including phenoxy) is 1. The predicted molar refractivity (Wildman–Crippen MR) is 142 cm³/mol. The van der Waals surface area contributed by atoms with Crippen molar-refractivity contribution in [3.63, 3.8) is 0 Å². The number of nitrogens with zero attached hydrogens (tertiary/aromatic N) is 4. The lowest BCUT2D eigenvalue weighted by molar-refractivity contribution is -0.114. The molecule has 0 aliphatic carbocycles. The molecule has 8 heteroatoms. The Morgan fingerprint density at radius 3 is 2.66 bits per heavy atom. The minimum Gasteiger partial charge on any atom is -0.492 e. The van der Waals surface area contributed by atoms with Gasteiger partial charge in [-0.15, -0.1) is 0 Å². The van der Waals surface area contributed by atoms with Gasteiger partial charge < -0.3 is 9.30 Å². The summed E-state index contributed by atoms with van der Waals surface area (Å²) >= 11 is 1.30. The number of nitrogens with one attached hydrogen (secondary N) is 1. The number of amides is 1. The van der Waals surface area contributed by atoms with Crippen LogP contribution in [0.2, 0.25) is 0 Å². The molecule has 3 heterocycles. The van der Waals surface area contributed by atoms with Crippen LogP contribution in [-0.4, -0.2) is 38.1 Å². The van der Waals surface area contributed by atoms with Gasteiger partial charge in [0, 0.05) is 17.0 Å². The van der Waals surface area contributed by atoms with E-state index in [4.69, 9.17) is 10.1 Å². The highest BCUT2D eigenvalue weighted by molar-refractivity contribution is 8.27. The largest absolute Gasteiger partial charge is 0.492 e. The second kappa shape index (κ2) is 9.03. The number of amidine groups is 2. The normalized spacial score (nSPS) is 16.5. The monoisotopic (exact) mass is 483 g/mol. The van der Waals surface area contributed by atoms with E-state index in [1.807, 2.05) is 82.3 Å². The third kappa shape index (κ3) is 4.10. The second-order valence-corrected chi connectivity index (χ2v) is 9.31. The van der Waals surface area contributed by atoms with E-state index >= 15 is 0 Å². The Morgan fingerprint density at radius 2 is 1.89 bits per heavy atom. The van der Waals surface area contributed by atoms with E-state index in [1.54, 1.807) is 6.08 Å². The van der Waals surface area contributed by atoms with Crippen molar-refractivity contribution in [3.8, 4) is 11.4 Å². The summed E-state index contributed by atoms with van der Waals surface area (Å²) in [6.45, 7) is 8.55. The van der Waals surface area contributed by atoms with Crippen LogP contribution in [-0.2, 0) is 4.79 Å². The van der Waals surface area contributed by atoms with Crippen molar-refractivity contribution >= 4 is 39.8 Å². The van der Waals surface area contributed by atoms with Gasteiger partial charge >= 0.3 is 0 Å². The molecule has 0 radical (unpaired) electrons. The zero-order chi connectivity index (χ0) is 24.7. The van der Waals surface area contributed by atoms with Crippen molar-refractivity contribution in [1.82, 2.24) is 9.58 Å². The summed E-state index contributed by atoms with van der Waals surface area (Å²) in [7, 11) is 0. The van der Waals surface area contributed by atoms with Gasteiger partial charge in [0.1, 0.15) is 10.8 Å². The van der Waals surface area contributed by atoms with E-state index in [-0.39, 0.29) is 11.4 Å². The molecule has 2 aliphatic rings. The van der Waals surface area contributed by atoms with Crippen molar-refractivity contribution < 1.29 is 9.53 Å². The number of para-hydroxylation sites is 2. The Labute approximate surface area is 208 Å². The Balaban J connectivity index is 1.52. The van der Waals surface area contributed by atoms with Gasteiger partial charge in [-0.2, -0.15) is 15.1 Å². The van der Waals surface area contributed by atoms with Crippen LogP contribution in [0.15, 0.2) is 70.3 Å². The standard InChI is InChI=1S/C27H25N5O2S/c1-5-34-23-12-7-6-11-22(23)31-17(3)14-20(18(31)4)15-21-24(28)32-27(29-25(21)33)35-26(30-32)19-10-8-9-16(2)13-19/h6-15,28H,5H2,1-4H3. The third-order valence-corrected chi connectivity index (χ3v) is 6.85. The summed E-state index contributed by atoms with van der Waals surface area (Å²) in [6.07, 6.45) is 1.73. The number of aliphatic imine (C=N–C) groups is 1. The molecular weight excluding hydrogens is 458 g/mol. The number of hydrogen-bond acceptors (Lipinski definition) is 5. The first kappa shape index (κ1) is 22.9. The molecule has 2 aromatic carbocycles. The maximum atomic E-state index is 12.9. The number of aryl methyl sites for hydroxylation is 2. The molecule has 0 saturated carbocycles. The molecule has 2 aliphatic heterocycles. The predicted octanol–water partition coefficient (Wildman–Crippen LogP) is 5.47. The molecule has 0 saturated heterocycles. The molecule has 35 heavy (non-hydrogen) atoms. The van der Waals surface area contributed by atoms with Crippen LogP contribution in [0.3, 0.4) is 0 Å². The molecule has 0 unspecified atom stereocenters. The minimum absolute atomic E-state index is 0.0228. The fourth-order valence-corrected chi connectivity index (χ4v) is 5.15. The average molecular weight is 484 g/mol. The van der Waals surface area contributed by atoms with Gasteiger partial charge in [-0.1, -0.05) is 35.9 Å². The summed E-state index contributed by atoms with van der Waals surface area (Å²) in [5.41, 5.74) is 5.98. The van der Waals surface area contributed by atoms with E-state index in [9.17, 15) is 4.79 Å². The number of aromatic nitrogens is 1. The Kier molecular flexibility index (Phi) is 5.90. The van der Waals surface area contributed by atoms with Crippen LogP contribution in [0, 0.1) is 26.2 Å². The molecule has 3 aromatic rings. The van der Waals surface area contributed by atoms with Gasteiger partial charge in [-0.25, -0.2) is 0 Å². The number of fused-ring (bicyclic) bond motifs is 1. The van der Waals surface area contributed by atoms with Crippen LogP contribution in [0.25, 0.3) is 11.8 Å². The van der Waals surface area contributed by atoms with Crippen LogP contribution in [0.5, 0.6) is 5.75 Å². The highest BCUT2D eigenvalue weighted by atomic mass is 32.2. The zero-order valence-corrected chi connectivity index (χ0v) is 20.8. The van der Waals surface area contributed by atoms with Crippen molar-refractivity contribution in [3.05, 3.63) is 88.2 Å². The van der Waals surface area contributed by atoms with Crippen molar-refractivity contribution in [2.24, 2.45) is 10.1 Å². The van der Waals surface area contributed by atoms with Crippen molar-refractivity contribution in [2.75, 3.05) is 6.61 Å². The molecule has 5 rings (SSSR count). The van der Waals surface area contributed by atoms with Gasteiger partial charge in [0.15, 0.2) is 5.84 Å². The average Bonchev–Trinajstić information content (AvgIpc) is 3.38. The topological polar surface area (TPSA) is 83.0 Å². The molecule has 0 atom stereocenters. The fourth-order valence-electron chi connectivity index (χ4n) is 4.27. The minimum atomic E-state index is -0.436. The fraction of sp³-hybridized carbons (Fsp3) is 0.185. The van der Waals surface area contributed by atoms with Gasteiger partial charge in [0.25, 0.3) is 5.91 Å². The molecule has 176 valence electrons. The summed E-state index contributed by atoms with van der Waals surface area (Å²) in [5, 5.41) is 15.9. The number of hydrazone groups is 1. The number of carbonyl (C=O) groups excluding carboxylic acids is 1. The lowest BCUT2D eigenvalue weighted by atomic mass is 10.1. The summed E-state index contributed by atoms with van der Waals surface area (Å²) in [5.74, 6) is 0.377. The number of thioether (sulfide) groups is 1. The van der Waals surface area contributed by atoms with Gasteiger partial charge in [-0.3, -0.25) is 10.2 Å². The number of hydrogen-bond donors (Lipinski definition) is 1. The van der Waals surface area contributed by atoms with Crippen LogP contribution >= 0.6 is 11.8 Å². The summed E-state index contributed by atoms with van der Waals surface area (Å²) in [6, 6.07) is 17.9. The molecule has 0 spiro atoms. The second-order valence-electron chi connectivity index (χ2n) is 8.36. The first-order valence-corrected chi connectivity index (χ1v) is 12.2. The maximum absolute atomic E-state index is 12.9. The molecule has 0 bridgehead atoms. The molecule has 7 nitrogen and oxygen atoms in total. The number of carbonyl (C=O) groups is 1. The number of rotatable bonds is 5. The highest BCUT2D eigenvalue weighted by Gasteiger charge is 2.36. The SMILES string of the molecule is CCOc1ccccc1-n1c(C)cc(C=C2C(=N)N3N=C(c4cccc(C)c4)SC3=NC2=O)c1C. The maximum Gasteiger partial charge on any atom is 0.283 e. The van der Waals surface area contributed by atoms with Gasteiger partial charge in [0.2, 0.25) is 5.17 Å². The lowest BCUT2D eigenvalue weighted by Gasteiger charge is -2.20. The van der Waals surface area contributed by atoms with Crippen LogP contribution < -0.4 is 4.74 Å². The van der Waals surface area contributed by atoms with E-state index in [0.29, 0.717) is 11.8 Å². The first-order valence-electron chi connectivity index (χ1n) is 11.4. The zero-order valence-electron chi connectivity index (χ0n) is 20.0. The van der Waals surface area contributed by atoms with E-state index in [1.165, 1.54) is 16.8 Å². The molecule has 1 amide bonds. The van der Waals surface area contributed by atoms with E-state index < -0.39 is 5.91 Å². The quantitative estimate of drug-likeness (QED) is 0.488. The Morgan fingerprint density at radius 1 is 1.09 bits per heavy atom. The van der Waals surface area contributed by atoms with Gasteiger partial charge in [-0.05, 0) is 75.4 Å². The van der Waals surface area contributed by atoms with Crippen molar-refractivity contribution in [1.29, 1.82) is 5.41 Å². The lowest BCUT2D eigenvalue weighted by Crippen LogP contribution is -2.35. The summed E-state index contributed by atoms with van der Waals surface area (Å²) < 4.78 is 7.93. The van der Waals surface area contributed by atoms with E-state index in [2.05, 4.69) is 14.7 Å². The third-order valence-electron chi connectivity index (χ3n) is 5.90. The molecule has 0 fully saturated rings. The van der Waals surface area contributed by atoms with Crippen LogP contribution in [0.1, 0.15) is 35.0 Å². The molecule has 1 N–H and O–H groups in total. The van der Waals surface area contributed by atoms with E-state index in [0.717, 1.165) is 44.6 Å². The Bertz CT molecular complexity index is 1460.